The minimum atomic E-state index is -3.20. The van der Waals surface area contributed by atoms with E-state index in [-0.39, 0.29) is 17.9 Å². The second-order valence-electron chi connectivity index (χ2n) is 5.65. The summed E-state index contributed by atoms with van der Waals surface area (Å²) in [5.74, 6) is 0.646. The number of sulfonamides is 1. The third-order valence-corrected chi connectivity index (χ3v) is 5.63. The fourth-order valence-electron chi connectivity index (χ4n) is 3.49. The highest BCUT2D eigenvalue weighted by molar-refractivity contribution is 7.88. The largest absolute Gasteiger partial charge is 0.492 e. The molecular weight excluding hydrogens is 281 g/mol. The van der Waals surface area contributed by atoms with Crippen molar-refractivity contribution in [3.63, 3.8) is 0 Å². The van der Waals surface area contributed by atoms with Crippen molar-refractivity contribution in [2.75, 3.05) is 12.9 Å². The van der Waals surface area contributed by atoms with E-state index in [2.05, 4.69) is 0 Å². The van der Waals surface area contributed by atoms with E-state index in [9.17, 15) is 12.8 Å². The van der Waals surface area contributed by atoms with Gasteiger partial charge in [-0.2, -0.15) is 4.31 Å². The summed E-state index contributed by atoms with van der Waals surface area (Å²) in [6, 6.07) is 5.85. The first-order chi connectivity index (χ1) is 9.45. The third-order valence-electron chi connectivity index (χ3n) is 4.29. The van der Waals surface area contributed by atoms with Crippen LogP contribution in [0.4, 0.5) is 4.39 Å². The molecule has 0 radical (unpaired) electrons. The van der Waals surface area contributed by atoms with Gasteiger partial charge in [0.15, 0.2) is 0 Å². The van der Waals surface area contributed by atoms with Crippen LogP contribution in [0.2, 0.25) is 0 Å². The Morgan fingerprint density at radius 1 is 1.30 bits per heavy atom. The third kappa shape index (κ3) is 2.54. The fraction of sp³-hybridized carbons (Fsp3) is 0.571. The molecule has 20 heavy (non-hydrogen) atoms. The molecule has 1 saturated carbocycles. The van der Waals surface area contributed by atoms with Crippen molar-refractivity contribution >= 4 is 10.0 Å². The average Bonchev–Trinajstić information content (AvgIpc) is 2.97. The topological polar surface area (TPSA) is 46.6 Å². The number of nitrogens with zero attached hydrogens (tertiary/aromatic N) is 1. The van der Waals surface area contributed by atoms with Gasteiger partial charge in [-0.3, -0.25) is 0 Å². The molecule has 110 valence electrons. The summed E-state index contributed by atoms with van der Waals surface area (Å²) in [5.41, 5.74) is 0. The summed E-state index contributed by atoms with van der Waals surface area (Å²) in [6.45, 7) is 0.333. The second kappa shape index (κ2) is 5.00. The molecule has 1 heterocycles. The van der Waals surface area contributed by atoms with Crippen LogP contribution in [0.5, 0.6) is 5.75 Å². The van der Waals surface area contributed by atoms with E-state index in [0.29, 0.717) is 18.3 Å². The number of fused-ring (bicyclic) bond motifs is 2. The first-order valence-corrected chi connectivity index (χ1v) is 8.67. The Kier molecular flexibility index (Phi) is 3.46. The van der Waals surface area contributed by atoms with Gasteiger partial charge in [-0.15, -0.1) is 0 Å². The first kappa shape index (κ1) is 13.8. The Balaban J connectivity index is 1.71. The van der Waals surface area contributed by atoms with E-state index in [1.165, 1.54) is 18.4 Å². The molecule has 6 heteroatoms. The van der Waals surface area contributed by atoms with Gasteiger partial charge in [-0.25, -0.2) is 12.8 Å². The second-order valence-corrected chi connectivity index (χ2v) is 7.54. The monoisotopic (exact) mass is 299 g/mol. The van der Waals surface area contributed by atoms with Gasteiger partial charge in [-0.1, -0.05) is 0 Å². The van der Waals surface area contributed by atoms with Gasteiger partial charge in [0.1, 0.15) is 18.2 Å². The van der Waals surface area contributed by atoms with Gasteiger partial charge < -0.3 is 4.74 Å². The summed E-state index contributed by atoms with van der Waals surface area (Å²) >= 11 is 0. The molecular formula is C14H18FNO3S. The predicted octanol–water partition coefficient (Wildman–Crippen LogP) is 2.02. The quantitative estimate of drug-likeness (QED) is 0.854. The minimum Gasteiger partial charge on any atom is -0.492 e. The van der Waals surface area contributed by atoms with Crippen molar-refractivity contribution in [2.24, 2.45) is 5.92 Å². The highest BCUT2D eigenvalue weighted by Crippen LogP contribution is 2.43. The summed E-state index contributed by atoms with van der Waals surface area (Å²) in [7, 11) is -3.20. The van der Waals surface area contributed by atoms with Crippen LogP contribution in [0.3, 0.4) is 0 Å². The van der Waals surface area contributed by atoms with Crippen LogP contribution >= 0.6 is 0 Å². The van der Waals surface area contributed by atoms with E-state index in [1.807, 2.05) is 0 Å². The van der Waals surface area contributed by atoms with Crippen molar-refractivity contribution in [2.45, 2.75) is 31.3 Å². The maximum absolute atomic E-state index is 12.8. The number of benzene rings is 1. The molecule has 0 amide bonds. The first-order valence-electron chi connectivity index (χ1n) is 6.82. The predicted molar refractivity (Wildman–Crippen MR) is 73.5 cm³/mol. The lowest BCUT2D eigenvalue weighted by Crippen LogP contribution is -2.47. The van der Waals surface area contributed by atoms with Crippen molar-refractivity contribution in [1.82, 2.24) is 4.31 Å². The lowest BCUT2D eigenvalue weighted by atomic mass is 10.0. The smallest absolute Gasteiger partial charge is 0.211 e. The van der Waals surface area contributed by atoms with Gasteiger partial charge in [0.2, 0.25) is 10.0 Å². The molecule has 1 aliphatic heterocycles. The molecule has 0 aromatic heterocycles. The summed E-state index contributed by atoms with van der Waals surface area (Å²) < 4.78 is 43.9. The van der Waals surface area contributed by atoms with Crippen LogP contribution in [0.15, 0.2) is 24.3 Å². The Bertz CT molecular complexity index is 587. The SMILES string of the molecule is CS(=O)(=O)N1[C@@H]2CC[C@H](C2)[C@H]1COc1ccc(F)cc1. The Morgan fingerprint density at radius 2 is 2.00 bits per heavy atom. The van der Waals surface area contributed by atoms with Gasteiger partial charge in [0.05, 0.1) is 12.3 Å². The molecule has 1 aromatic rings. The molecule has 4 nitrogen and oxygen atoms in total. The molecule has 0 N–H and O–H groups in total. The molecule has 2 aliphatic rings. The fourth-order valence-corrected chi connectivity index (χ4v) is 4.95. The van der Waals surface area contributed by atoms with Crippen molar-refractivity contribution < 1.29 is 17.5 Å². The number of piperidine rings is 1. The van der Waals surface area contributed by atoms with Crippen LogP contribution in [-0.4, -0.2) is 37.7 Å². The van der Waals surface area contributed by atoms with E-state index >= 15 is 0 Å². The number of rotatable bonds is 4. The maximum atomic E-state index is 12.8. The zero-order chi connectivity index (χ0) is 14.3. The molecule has 1 aliphatic carbocycles. The molecule has 3 rings (SSSR count). The molecule has 0 unspecified atom stereocenters. The van der Waals surface area contributed by atoms with Crippen LogP contribution in [0.1, 0.15) is 19.3 Å². The van der Waals surface area contributed by atoms with Crippen LogP contribution in [-0.2, 0) is 10.0 Å². The maximum Gasteiger partial charge on any atom is 0.211 e. The van der Waals surface area contributed by atoms with Gasteiger partial charge >= 0.3 is 0 Å². The molecule has 0 spiro atoms. The Labute approximate surface area is 118 Å². The Morgan fingerprint density at radius 3 is 2.65 bits per heavy atom. The standard InChI is InChI=1S/C14H18FNO3S/c1-20(17,18)16-12-5-2-10(8-12)14(16)9-19-13-6-3-11(15)4-7-13/h3-4,6-7,10,12,14H,2,5,8-9H2,1H3/t10-,12-,14-/m1/s1. The molecule has 2 fully saturated rings. The number of halogens is 1. The molecule has 1 aromatic carbocycles. The lowest BCUT2D eigenvalue weighted by molar-refractivity contribution is 0.163. The number of hydrogen-bond acceptors (Lipinski definition) is 3. The minimum absolute atomic E-state index is 0.0891. The highest BCUT2D eigenvalue weighted by Gasteiger charge is 2.50. The van der Waals surface area contributed by atoms with Crippen molar-refractivity contribution in [3.8, 4) is 5.75 Å². The summed E-state index contributed by atoms with van der Waals surface area (Å²) in [6.07, 6.45) is 4.21. The van der Waals surface area contributed by atoms with Crippen molar-refractivity contribution in [3.05, 3.63) is 30.1 Å². The van der Waals surface area contributed by atoms with Crippen molar-refractivity contribution in [1.29, 1.82) is 0 Å². The normalized spacial score (nSPS) is 29.8. The number of ether oxygens (including phenoxy) is 1. The van der Waals surface area contributed by atoms with Gasteiger partial charge in [0.25, 0.3) is 0 Å². The van der Waals surface area contributed by atoms with E-state index < -0.39 is 10.0 Å². The summed E-state index contributed by atoms with van der Waals surface area (Å²) in [5, 5.41) is 0. The summed E-state index contributed by atoms with van der Waals surface area (Å²) in [4.78, 5) is 0. The lowest BCUT2D eigenvalue weighted by Gasteiger charge is -2.33. The zero-order valence-corrected chi connectivity index (χ0v) is 12.1. The van der Waals surface area contributed by atoms with Crippen LogP contribution in [0, 0.1) is 11.7 Å². The van der Waals surface area contributed by atoms with Gasteiger partial charge in [-0.05, 0) is 49.4 Å². The van der Waals surface area contributed by atoms with Crippen LogP contribution in [0.25, 0.3) is 0 Å². The van der Waals surface area contributed by atoms with E-state index in [0.717, 1.165) is 19.3 Å². The Hall–Kier alpha value is -1.14. The zero-order valence-electron chi connectivity index (χ0n) is 11.3. The van der Waals surface area contributed by atoms with E-state index in [1.54, 1.807) is 16.4 Å². The number of hydrogen-bond donors (Lipinski definition) is 0. The molecule has 3 atom stereocenters. The molecule has 2 bridgehead atoms. The van der Waals surface area contributed by atoms with Gasteiger partial charge in [0, 0.05) is 6.04 Å². The van der Waals surface area contributed by atoms with E-state index in [4.69, 9.17) is 4.74 Å². The van der Waals surface area contributed by atoms with Crippen LogP contribution < -0.4 is 4.74 Å². The molecule has 1 saturated heterocycles. The highest BCUT2D eigenvalue weighted by atomic mass is 32.2. The average molecular weight is 299 g/mol.